The lowest BCUT2D eigenvalue weighted by Gasteiger charge is -2.27. The Kier molecular flexibility index (Phi) is 6.47. The van der Waals surface area contributed by atoms with Gasteiger partial charge < -0.3 is 10.2 Å². The van der Waals surface area contributed by atoms with Gasteiger partial charge in [-0.25, -0.2) is 0 Å². The maximum Gasteiger partial charge on any atom is 0.256 e. The van der Waals surface area contributed by atoms with Crippen molar-refractivity contribution in [2.45, 2.75) is 88.5 Å². The Labute approximate surface area is 184 Å². The zero-order valence-corrected chi connectivity index (χ0v) is 19.0. The van der Waals surface area contributed by atoms with Gasteiger partial charge in [-0.15, -0.1) is 0 Å². The topological polar surface area (TPSA) is 78.5 Å². The third-order valence-electron chi connectivity index (χ3n) is 7.04. The number of nitrogens with one attached hydrogen (secondary N) is 2. The molecule has 30 heavy (non-hydrogen) atoms. The van der Waals surface area contributed by atoms with E-state index in [1.54, 1.807) is 4.90 Å². The highest BCUT2D eigenvalue weighted by Gasteiger charge is 2.60. The lowest BCUT2D eigenvalue weighted by molar-refractivity contribution is -0.140. The Hall–Kier alpha value is -1.50. The van der Waals surface area contributed by atoms with Crippen molar-refractivity contribution >= 4 is 29.7 Å². The first-order chi connectivity index (χ1) is 14.4. The normalized spacial score (nSPS) is 38.5. The van der Waals surface area contributed by atoms with Gasteiger partial charge in [0.25, 0.3) is 5.91 Å². The van der Waals surface area contributed by atoms with Crippen molar-refractivity contribution < 1.29 is 14.4 Å². The molecule has 5 atom stereocenters. The standard InChI is InChI=1S/C23H35N3O3S/c1-15-5-3-6-16(2)13-20(27)26-12-4-7-19(26)21(28)24-23(14-17(23)9-8-15)22(29)25-30-18-10-11-18/h8-9,15-19H,3-7,10-14H2,1-2H3,(H,24,28)(H,25,29)/b9-8-/t15-,16-,17-,19+,23-/m1/s1. The van der Waals surface area contributed by atoms with E-state index in [2.05, 4.69) is 36.0 Å². The van der Waals surface area contributed by atoms with Crippen molar-refractivity contribution in [2.75, 3.05) is 6.54 Å². The number of fused-ring (bicyclic) bond motifs is 2. The van der Waals surface area contributed by atoms with Crippen LogP contribution in [0.15, 0.2) is 12.2 Å². The molecule has 7 heteroatoms. The molecule has 4 aliphatic rings. The van der Waals surface area contributed by atoms with E-state index in [0.717, 1.165) is 38.5 Å². The fourth-order valence-corrected chi connectivity index (χ4v) is 5.59. The van der Waals surface area contributed by atoms with E-state index in [1.807, 2.05) is 0 Å². The molecule has 0 spiro atoms. The summed E-state index contributed by atoms with van der Waals surface area (Å²) >= 11 is 1.49. The monoisotopic (exact) mass is 433 g/mol. The molecule has 0 aromatic carbocycles. The van der Waals surface area contributed by atoms with Crippen molar-refractivity contribution in [1.82, 2.24) is 14.9 Å². The highest BCUT2D eigenvalue weighted by atomic mass is 32.2. The molecule has 2 aliphatic heterocycles. The van der Waals surface area contributed by atoms with Crippen molar-refractivity contribution in [1.29, 1.82) is 0 Å². The van der Waals surface area contributed by atoms with E-state index in [1.165, 1.54) is 11.9 Å². The largest absolute Gasteiger partial charge is 0.339 e. The Morgan fingerprint density at radius 1 is 1.13 bits per heavy atom. The second-order valence-corrected chi connectivity index (χ2v) is 11.0. The predicted molar refractivity (Wildman–Crippen MR) is 118 cm³/mol. The maximum absolute atomic E-state index is 13.2. The number of amides is 3. The molecular weight excluding hydrogens is 398 g/mol. The number of carbonyl (C=O) groups excluding carboxylic acids is 3. The van der Waals surface area contributed by atoms with Crippen LogP contribution in [0.5, 0.6) is 0 Å². The highest BCUT2D eigenvalue weighted by molar-refractivity contribution is 7.98. The van der Waals surface area contributed by atoms with E-state index >= 15 is 0 Å². The lowest BCUT2D eigenvalue weighted by Crippen LogP contribution is -2.55. The maximum atomic E-state index is 13.2. The van der Waals surface area contributed by atoms with Crippen molar-refractivity contribution in [3.05, 3.63) is 12.2 Å². The molecule has 4 rings (SSSR count). The van der Waals surface area contributed by atoms with E-state index in [-0.39, 0.29) is 23.6 Å². The van der Waals surface area contributed by atoms with Gasteiger partial charge in [0.05, 0.1) is 0 Å². The van der Waals surface area contributed by atoms with Gasteiger partial charge in [-0.2, -0.15) is 0 Å². The number of allylic oxidation sites excluding steroid dienone is 1. The molecule has 2 aliphatic carbocycles. The van der Waals surface area contributed by atoms with E-state index < -0.39 is 11.6 Å². The van der Waals surface area contributed by atoms with E-state index in [4.69, 9.17) is 0 Å². The Morgan fingerprint density at radius 2 is 1.93 bits per heavy atom. The van der Waals surface area contributed by atoms with Crippen LogP contribution in [0.3, 0.4) is 0 Å². The van der Waals surface area contributed by atoms with Gasteiger partial charge in [0.2, 0.25) is 11.8 Å². The summed E-state index contributed by atoms with van der Waals surface area (Å²) in [5.41, 5.74) is -0.861. The van der Waals surface area contributed by atoms with Crippen LogP contribution >= 0.6 is 11.9 Å². The Morgan fingerprint density at radius 3 is 2.70 bits per heavy atom. The summed E-state index contributed by atoms with van der Waals surface area (Å²) in [6.07, 6.45) is 12.5. The molecule has 6 nitrogen and oxygen atoms in total. The van der Waals surface area contributed by atoms with Gasteiger partial charge >= 0.3 is 0 Å². The average molecular weight is 434 g/mol. The molecule has 2 N–H and O–H groups in total. The summed E-state index contributed by atoms with van der Waals surface area (Å²) in [5.74, 6) is 0.601. The second kappa shape index (κ2) is 8.93. The Bertz CT molecular complexity index is 722. The average Bonchev–Trinajstić information content (AvgIpc) is 3.60. The number of nitrogens with zero attached hydrogens (tertiary/aromatic N) is 1. The molecule has 0 radical (unpaired) electrons. The van der Waals surface area contributed by atoms with Gasteiger partial charge in [-0.1, -0.05) is 38.8 Å². The minimum Gasteiger partial charge on any atom is -0.339 e. The fraction of sp³-hybridized carbons (Fsp3) is 0.783. The summed E-state index contributed by atoms with van der Waals surface area (Å²) in [4.78, 5) is 40.9. The molecule has 1 saturated heterocycles. The minimum atomic E-state index is -0.861. The molecule has 2 heterocycles. The molecular formula is C23H35N3O3S. The van der Waals surface area contributed by atoms with Crippen LogP contribution in [0.1, 0.15) is 71.6 Å². The number of hydrogen-bond acceptors (Lipinski definition) is 4. The molecule has 166 valence electrons. The van der Waals surface area contributed by atoms with Gasteiger partial charge in [0, 0.05) is 24.1 Å². The molecule has 3 fully saturated rings. The summed E-state index contributed by atoms with van der Waals surface area (Å²) < 4.78 is 3.00. The summed E-state index contributed by atoms with van der Waals surface area (Å²) in [7, 11) is 0. The molecule has 3 amide bonds. The van der Waals surface area contributed by atoms with Crippen molar-refractivity contribution in [3.63, 3.8) is 0 Å². The van der Waals surface area contributed by atoms with Crippen LogP contribution in [-0.2, 0) is 14.4 Å². The third kappa shape index (κ3) is 4.87. The van der Waals surface area contributed by atoms with Gasteiger partial charge in [-0.05, 0) is 62.3 Å². The number of rotatable bonds is 3. The van der Waals surface area contributed by atoms with E-state index in [9.17, 15) is 14.4 Å². The summed E-state index contributed by atoms with van der Waals surface area (Å²) in [6, 6.07) is -0.445. The van der Waals surface area contributed by atoms with Gasteiger partial charge in [0.1, 0.15) is 11.6 Å². The van der Waals surface area contributed by atoms with Crippen molar-refractivity contribution in [3.8, 4) is 0 Å². The van der Waals surface area contributed by atoms with Crippen LogP contribution in [0.2, 0.25) is 0 Å². The quantitative estimate of drug-likeness (QED) is 0.529. The molecule has 0 aromatic rings. The number of hydrogen-bond donors (Lipinski definition) is 2. The summed E-state index contributed by atoms with van der Waals surface area (Å²) in [5, 5.41) is 3.60. The second-order valence-electron chi connectivity index (χ2n) is 9.87. The zero-order valence-electron chi connectivity index (χ0n) is 18.2. The smallest absolute Gasteiger partial charge is 0.256 e. The van der Waals surface area contributed by atoms with Crippen LogP contribution in [0, 0.1) is 17.8 Å². The number of carbonyl (C=O) groups is 3. The first-order valence-corrected chi connectivity index (χ1v) is 12.5. The zero-order chi connectivity index (χ0) is 21.3. The van der Waals surface area contributed by atoms with Gasteiger partial charge in [-0.3, -0.25) is 19.1 Å². The molecule has 2 saturated carbocycles. The van der Waals surface area contributed by atoms with Crippen LogP contribution in [0.25, 0.3) is 0 Å². The highest BCUT2D eigenvalue weighted by Crippen LogP contribution is 2.46. The Balaban J connectivity index is 1.53. The van der Waals surface area contributed by atoms with Crippen LogP contribution < -0.4 is 10.0 Å². The van der Waals surface area contributed by atoms with E-state index in [0.29, 0.717) is 42.9 Å². The predicted octanol–water partition coefficient (Wildman–Crippen LogP) is 3.18. The first-order valence-electron chi connectivity index (χ1n) is 11.6. The fourth-order valence-electron chi connectivity index (χ4n) is 4.76. The third-order valence-corrected chi connectivity index (χ3v) is 8.14. The SMILES string of the molecule is C[C@@H]1CCC[C@@H](C)/C=C\[C@@H]2C[C@@]2(C(=O)NSC2CC2)NC(=O)[C@@H]2CCCN2C(=O)C1. The summed E-state index contributed by atoms with van der Waals surface area (Å²) in [6.45, 7) is 4.97. The molecule has 0 bridgehead atoms. The molecule has 0 aromatic heterocycles. The van der Waals surface area contributed by atoms with Gasteiger partial charge in [0.15, 0.2) is 0 Å². The van der Waals surface area contributed by atoms with Crippen LogP contribution in [-0.4, -0.2) is 46.0 Å². The van der Waals surface area contributed by atoms with Crippen LogP contribution in [0.4, 0.5) is 0 Å². The lowest BCUT2D eigenvalue weighted by atomic mass is 9.95. The minimum absolute atomic E-state index is 0.0262. The molecule has 0 unspecified atom stereocenters. The first kappa shape index (κ1) is 21.7. The van der Waals surface area contributed by atoms with Crippen molar-refractivity contribution in [2.24, 2.45) is 17.8 Å².